The van der Waals surface area contributed by atoms with E-state index < -0.39 is 6.04 Å². The second kappa shape index (κ2) is 8.96. The fourth-order valence-corrected chi connectivity index (χ4v) is 2.99. The molecule has 0 spiro atoms. The molecule has 2 amide bonds. The predicted molar refractivity (Wildman–Crippen MR) is 113 cm³/mol. The smallest absolute Gasteiger partial charge is 0.241 e. The zero-order valence-electron chi connectivity index (χ0n) is 17.2. The van der Waals surface area contributed by atoms with Crippen LogP contribution in [-0.4, -0.2) is 49.6 Å². The average Bonchev–Trinajstić information content (AvgIpc) is 2.69. The fourth-order valence-electron chi connectivity index (χ4n) is 2.99. The van der Waals surface area contributed by atoms with Gasteiger partial charge in [-0.3, -0.25) is 14.5 Å². The molecule has 0 saturated carbocycles. The number of hydrogen-bond donors (Lipinski definition) is 2. The number of nitrogens with zero attached hydrogens (tertiary/aromatic N) is 1. The maximum absolute atomic E-state index is 12.6. The first-order valence-corrected chi connectivity index (χ1v) is 9.61. The third kappa shape index (κ3) is 5.26. The van der Waals surface area contributed by atoms with Crippen LogP contribution >= 0.6 is 0 Å². The molecule has 1 heterocycles. The third-order valence-electron chi connectivity index (χ3n) is 4.91. The minimum atomic E-state index is -0.493. The molecule has 1 atom stereocenters. The monoisotopic (exact) mass is 397 g/mol. The number of ether oxygens (including phenoxy) is 2. The molecule has 1 aliphatic heterocycles. The lowest BCUT2D eigenvalue weighted by molar-refractivity contribution is -0.122. The Morgan fingerprint density at radius 2 is 1.76 bits per heavy atom. The van der Waals surface area contributed by atoms with Crippen LogP contribution in [0.4, 0.5) is 11.4 Å². The van der Waals surface area contributed by atoms with Gasteiger partial charge in [0, 0.05) is 17.4 Å². The zero-order valence-corrected chi connectivity index (χ0v) is 17.2. The molecule has 2 N–H and O–H groups in total. The lowest BCUT2D eigenvalue weighted by Gasteiger charge is -2.24. The number of amides is 2. The molecule has 2 aromatic carbocycles. The van der Waals surface area contributed by atoms with Crippen LogP contribution in [0, 0.1) is 13.8 Å². The van der Waals surface area contributed by atoms with Gasteiger partial charge in [-0.2, -0.15) is 0 Å². The lowest BCUT2D eigenvalue weighted by atomic mass is 10.1. The molecule has 29 heavy (non-hydrogen) atoms. The van der Waals surface area contributed by atoms with Gasteiger partial charge in [0.1, 0.15) is 13.2 Å². The summed E-state index contributed by atoms with van der Waals surface area (Å²) in [5, 5.41) is 5.78. The molecule has 154 valence electrons. The van der Waals surface area contributed by atoms with Crippen LogP contribution in [0.1, 0.15) is 18.1 Å². The van der Waals surface area contributed by atoms with Crippen LogP contribution in [0.2, 0.25) is 0 Å². The number of carbonyl (C=O) groups excluding carboxylic acids is 2. The maximum Gasteiger partial charge on any atom is 0.241 e. The normalized spacial score (nSPS) is 13.7. The van der Waals surface area contributed by atoms with Gasteiger partial charge in [-0.05, 0) is 57.1 Å². The summed E-state index contributed by atoms with van der Waals surface area (Å²) in [6.45, 7) is 6.79. The van der Waals surface area contributed by atoms with Gasteiger partial charge < -0.3 is 20.1 Å². The van der Waals surface area contributed by atoms with Crippen LogP contribution < -0.4 is 20.1 Å². The van der Waals surface area contributed by atoms with E-state index in [2.05, 4.69) is 10.6 Å². The third-order valence-corrected chi connectivity index (χ3v) is 4.91. The second-order valence-electron chi connectivity index (χ2n) is 7.31. The summed E-state index contributed by atoms with van der Waals surface area (Å²) in [5.74, 6) is 0.911. The van der Waals surface area contributed by atoms with Crippen molar-refractivity contribution in [2.75, 3.05) is 37.4 Å². The van der Waals surface area contributed by atoms with Crippen LogP contribution in [0.3, 0.4) is 0 Å². The molecule has 0 bridgehead atoms. The van der Waals surface area contributed by atoms with Gasteiger partial charge in [-0.1, -0.05) is 12.1 Å². The number of likely N-dealkylation sites (N-methyl/N-ethyl adjacent to an activating group) is 1. The lowest BCUT2D eigenvalue weighted by Crippen LogP contribution is -2.43. The highest BCUT2D eigenvalue weighted by Gasteiger charge is 2.21. The van der Waals surface area contributed by atoms with Gasteiger partial charge in [-0.25, -0.2) is 0 Å². The molecule has 0 aromatic heterocycles. The van der Waals surface area contributed by atoms with Gasteiger partial charge in [0.05, 0.1) is 12.6 Å². The molecule has 1 aliphatic rings. The highest BCUT2D eigenvalue weighted by Crippen LogP contribution is 2.32. The van der Waals surface area contributed by atoms with Crippen molar-refractivity contribution < 1.29 is 19.1 Å². The largest absolute Gasteiger partial charge is 0.486 e. The number of anilines is 2. The number of nitrogens with one attached hydrogen (secondary N) is 2. The topological polar surface area (TPSA) is 79.9 Å². The van der Waals surface area contributed by atoms with Crippen LogP contribution in [0.5, 0.6) is 11.5 Å². The van der Waals surface area contributed by atoms with Crippen molar-refractivity contribution in [3.63, 3.8) is 0 Å². The molecule has 0 fully saturated rings. The first-order valence-electron chi connectivity index (χ1n) is 9.61. The molecule has 0 radical (unpaired) electrons. The first-order chi connectivity index (χ1) is 13.8. The van der Waals surface area contributed by atoms with Crippen LogP contribution in [0.25, 0.3) is 0 Å². The Hall–Kier alpha value is -3.06. The number of carbonyl (C=O) groups is 2. The predicted octanol–water partition coefficient (Wildman–Crippen LogP) is 2.97. The molecule has 0 unspecified atom stereocenters. The quantitative estimate of drug-likeness (QED) is 0.783. The van der Waals surface area contributed by atoms with Crippen molar-refractivity contribution in [1.82, 2.24) is 4.90 Å². The minimum absolute atomic E-state index is 0.100. The summed E-state index contributed by atoms with van der Waals surface area (Å²) in [4.78, 5) is 26.7. The minimum Gasteiger partial charge on any atom is -0.486 e. The SMILES string of the molecule is Cc1ccc(C)c(NC(=O)CN(C)[C@H](C)C(=O)Nc2ccc3c(c2)OCCO3)c1. The molecule has 0 aliphatic carbocycles. The summed E-state index contributed by atoms with van der Waals surface area (Å²) in [6.07, 6.45) is 0. The van der Waals surface area contributed by atoms with Crippen molar-refractivity contribution >= 4 is 23.2 Å². The Bertz CT molecular complexity index is 913. The Kier molecular flexibility index (Phi) is 6.39. The van der Waals surface area contributed by atoms with Gasteiger partial charge in [0.2, 0.25) is 11.8 Å². The first kappa shape index (κ1) is 20.7. The van der Waals surface area contributed by atoms with E-state index in [0.29, 0.717) is 30.4 Å². The standard InChI is InChI=1S/C22H27N3O4/c1-14-5-6-15(2)18(11-14)24-21(26)13-25(4)16(3)22(27)23-17-7-8-19-20(12-17)29-10-9-28-19/h5-8,11-12,16H,9-10,13H2,1-4H3,(H,23,27)(H,24,26)/t16-/m1/s1. The zero-order chi connectivity index (χ0) is 21.0. The number of hydrogen-bond acceptors (Lipinski definition) is 5. The van der Waals surface area contributed by atoms with Crippen molar-refractivity contribution in [3.8, 4) is 11.5 Å². The van der Waals surface area contributed by atoms with Gasteiger partial charge >= 0.3 is 0 Å². The number of rotatable bonds is 6. The van der Waals surface area contributed by atoms with E-state index in [9.17, 15) is 9.59 Å². The maximum atomic E-state index is 12.6. The van der Waals surface area contributed by atoms with E-state index in [1.807, 2.05) is 32.0 Å². The molecule has 3 rings (SSSR count). The molecule has 2 aromatic rings. The number of benzene rings is 2. The molecular formula is C22H27N3O4. The Labute approximate surface area is 171 Å². The second-order valence-corrected chi connectivity index (χ2v) is 7.31. The highest BCUT2D eigenvalue weighted by atomic mass is 16.6. The van der Waals surface area contributed by atoms with E-state index >= 15 is 0 Å². The summed E-state index contributed by atoms with van der Waals surface area (Å²) < 4.78 is 11.0. The van der Waals surface area contributed by atoms with E-state index in [0.717, 1.165) is 16.8 Å². The fraction of sp³-hybridized carbons (Fsp3) is 0.364. The summed E-state index contributed by atoms with van der Waals surface area (Å²) in [5.41, 5.74) is 3.48. The average molecular weight is 397 g/mol. The van der Waals surface area contributed by atoms with Crippen LogP contribution in [0.15, 0.2) is 36.4 Å². The Morgan fingerprint density at radius 3 is 2.52 bits per heavy atom. The molecule has 7 heteroatoms. The Balaban J connectivity index is 1.56. The molecule has 7 nitrogen and oxygen atoms in total. The highest BCUT2D eigenvalue weighted by molar-refractivity contribution is 5.96. The summed E-state index contributed by atoms with van der Waals surface area (Å²) in [7, 11) is 1.75. The van der Waals surface area contributed by atoms with Crippen molar-refractivity contribution in [2.45, 2.75) is 26.8 Å². The number of fused-ring (bicyclic) bond motifs is 1. The molecule has 0 saturated heterocycles. The summed E-state index contributed by atoms with van der Waals surface area (Å²) in [6, 6.07) is 10.7. The van der Waals surface area contributed by atoms with Crippen LogP contribution in [-0.2, 0) is 9.59 Å². The molecular weight excluding hydrogens is 370 g/mol. The van der Waals surface area contributed by atoms with E-state index in [4.69, 9.17) is 9.47 Å². The van der Waals surface area contributed by atoms with E-state index in [-0.39, 0.29) is 18.4 Å². The Morgan fingerprint density at radius 1 is 1.03 bits per heavy atom. The van der Waals surface area contributed by atoms with Crippen molar-refractivity contribution in [3.05, 3.63) is 47.5 Å². The summed E-state index contributed by atoms with van der Waals surface area (Å²) >= 11 is 0. The van der Waals surface area contributed by atoms with Gasteiger partial charge in [0.25, 0.3) is 0 Å². The van der Waals surface area contributed by atoms with E-state index in [1.54, 1.807) is 37.1 Å². The van der Waals surface area contributed by atoms with E-state index in [1.165, 1.54) is 0 Å². The van der Waals surface area contributed by atoms with Crippen molar-refractivity contribution in [1.29, 1.82) is 0 Å². The van der Waals surface area contributed by atoms with Crippen molar-refractivity contribution in [2.24, 2.45) is 0 Å². The van der Waals surface area contributed by atoms with Gasteiger partial charge in [0.15, 0.2) is 11.5 Å². The number of aryl methyl sites for hydroxylation is 2. The van der Waals surface area contributed by atoms with Gasteiger partial charge in [-0.15, -0.1) is 0 Å².